The highest BCUT2D eigenvalue weighted by atomic mass is 35.5. The number of rotatable bonds is 6. The lowest BCUT2D eigenvalue weighted by molar-refractivity contribution is -0.146. The Morgan fingerprint density at radius 2 is 1.76 bits per heavy atom. The molecule has 4 nitrogen and oxygen atoms in total. The average Bonchev–Trinajstić information content (AvgIpc) is 2.75. The van der Waals surface area contributed by atoms with E-state index >= 15 is 0 Å². The molecule has 116 valence electrons. The number of ether oxygens (including phenoxy) is 2. The molecule has 1 heterocycles. The quantitative estimate of drug-likeness (QED) is 0.757. The van der Waals surface area contributed by atoms with Gasteiger partial charge < -0.3 is 9.47 Å². The monoisotopic (exact) mass is 311 g/mol. The molecule has 0 aromatic heterocycles. The summed E-state index contributed by atoms with van der Waals surface area (Å²) in [7, 11) is 0. The van der Waals surface area contributed by atoms with Crippen molar-refractivity contribution in [3.05, 3.63) is 29.3 Å². The van der Waals surface area contributed by atoms with Crippen LogP contribution in [0, 0.1) is 0 Å². The second-order valence-electron chi connectivity index (χ2n) is 5.22. The highest BCUT2D eigenvalue weighted by Crippen LogP contribution is 2.15. The summed E-state index contributed by atoms with van der Waals surface area (Å²) >= 11 is 5.78. The van der Waals surface area contributed by atoms with Crippen LogP contribution in [-0.2, 0) is 9.53 Å². The van der Waals surface area contributed by atoms with Gasteiger partial charge in [-0.2, -0.15) is 0 Å². The summed E-state index contributed by atoms with van der Waals surface area (Å²) in [5, 5.41) is 0.641. The minimum absolute atomic E-state index is 0.0678. The molecule has 0 aliphatic carbocycles. The topological polar surface area (TPSA) is 38.8 Å². The number of nitrogens with zero attached hydrogens (tertiary/aromatic N) is 1. The average molecular weight is 312 g/mol. The molecule has 0 radical (unpaired) electrons. The molecule has 0 amide bonds. The fourth-order valence-corrected chi connectivity index (χ4v) is 2.49. The molecule has 0 unspecified atom stereocenters. The lowest BCUT2D eigenvalue weighted by atomic mass is 10.2. The maximum absolute atomic E-state index is 11.6. The van der Waals surface area contributed by atoms with Crippen LogP contribution in [0.5, 0.6) is 5.75 Å². The molecule has 0 spiro atoms. The number of likely N-dealkylation sites (tertiary alicyclic amines) is 1. The minimum atomic E-state index is -0.334. The molecule has 21 heavy (non-hydrogen) atoms. The first kappa shape index (κ1) is 16.1. The Morgan fingerprint density at radius 1 is 1.10 bits per heavy atom. The van der Waals surface area contributed by atoms with E-state index in [1.807, 2.05) is 0 Å². The molecule has 1 saturated heterocycles. The van der Waals surface area contributed by atoms with Crippen LogP contribution in [0.2, 0.25) is 5.02 Å². The van der Waals surface area contributed by atoms with E-state index < -0.39 is 0 Å². The van der Waals surface area contributed by atoms with Crippen molar-refractivity contribution in [1.29, 1.82) is 0 Å². The van der Waals surface area contributed by atoms with Crippen molar-refractivity contribution < 1.29 is 14.3 Å². The van der Waals surface area contributed by atoms with Crippen LogP contribution in [0.3, 0.4) is 0 Å². The third-order valence-electron chi connectivity index (χ3n) is 3.54. The predicted molar refractivity (Wildman–Crippen MR) is 82.8 cm³/mol. The van der Waals surface area contributed by atoms with Gasteiger partial charge in [0.2, 0.25) is 0 Å². The van der Waals surface area contributed by atoms with Crippen LogP contribution in [0.1, 0.15) is 25.7 Å². The Kier molecular flexibility index (Phi) is 6.83. The summed E-state index contributed by atoms with van der Waals surface area (Å²) in [6, 6.07) is 6.91. The van der Waals surface area contributed by atoms with Crippen molar-refractivity contribution in [2.24, 2.45) is 0 Å². The van der Waals surface area contributed by atoms with Gasteiger partial charge in [-0.3, -0.25) is 4.90 Å². The summed E-state index contributed by atoms with van der Waals surface area (Å²) < 4.78 is 10.5. The number of carbonyl (C=O) groups excluding carboxylic acids is 1. The van der Waals surface area contributed by atoms with Crippen LogP contribution in [0.15, 0.2) is 24.3 Å². The van der Waals surface area contributed by atoms with Gasteiger partial charge in [-0.15, -0.1) is 0 Å². The van der Waals surface area contributed by atoms with E-state index in [0.717, 1.165) is 19.6 Å². The highest BCUT2D eigenvalue weighted by Gasteiger charge is 2.10. The summed E-state index contributed by atoms with van der Waals surface area (Å²) in [5.41, 5.74) is 0. The molecule has 0 saturated carbocycles. The smallest absolute Gasteiger partial charge is 0.344 e. The minimum Gasteiger partial charge on any atom is -0.482 e. The first-order valence-corrected chi connectivity index (χ1v) is 7.88. The van der Waals surface area contributed by atoms with Gasteiger partial charge in [0.05, 0.1) is 0 Å². The zero-order valence-electron chi connectivity index (χ0n) is 12.2. The van der Waals surface area contributed by atoms with E-state index in [4.69, 9.17) is 21.1 Å². The lowest BCUT2D eigenvalue weighted by Gasteiger charge is -2.19. The standard InChI is InChI=1S/C16H22ClNO3/c17-14-5-7-15(8-6-14)21-13-16(19)20-12-11-18-9-3-1-2-4-10-18/h5-8H,1-4,9-13H2. The van der Waals surface area contributed by atoms with E-state index in [9.17, 15) is 4.79 Å². The van der Waals surface area contributed by atoms with Crippen LogP contribution in [0.25, 0.3) is 0 Å². The van der Waals surface area contributed by atoms with Gasteiger partial charge in [-0.25, -0.2) is 4.79 Å². The molecule has 2 rings (SSSR count). The number of halogens is 1. The van der Waals surface area contributed by atoms with E-state index in [1.165, 1.54) is 25.7 Å². The zero-order chi connectivity index (χ0) is 14.9. The fourth-order valence-electron chi connectivity index (χ4n) is 2.36. The Bertz CT molecular complexity index is 428. The number of benzene rings is 1. The van der Waals surface area contributed by atoms with Gasteiger partial charge in [0.25, 0.3) is 0 Å². The summed E-state index contributed by atoms with van der Waals surface area (Å²) in [6.07, 6.45) is 5.11. The molecule has 0 bridgehead atoms. The van der Waals surface area contributed by atoms with E-state index in [-0.39, 0.29) is 12.6 Å². The molecule has 1 fully saturated rings. The van der Waals surface area contributed by atoms with E-state index in [2.05, 4.69) is 4.90 Å². The molecule has 0 atom stereocenters. The van der Waals surface area contributed by atoms with Crippen molar-refractivity contribution in [1.82, 2.24) is 4.90 Å². The molecule has 1 aliphatic heterocycles. The number of hydrogen-bond acceptors (Lipinski definition) is 4. The Morgan fingerprint density at radius 3 is 2.43 bits per heavy atom. The maximum atomic E-state index is 11.6. The van der Waals surface area contributed by atoms with Crippen molar-refractivity contribution in [3.63, 3.8) is 0 Å². The van der Waals surface area contributed by atoms with E-state index in [0.29, 0.717) is 17.4 Å². The van der Waals surface area contributed by atoms with Gasteiger partial charge >= 0.3 is 5.97 Å². The third kappa shape index (κ3) is 6.36. The fraction of sp³-hybridized carbons (Fsp3) is 0.562. The largest absolute Gasteiger partial charge is 0.482 e. The molecule has 0 N–H and O–H groups in total. The molecular formula is C16H22ClNO3. The van der Waals surface area contributed by atoms with Crippen LogP contribution < -0.4 is 4.74 Å². The Labute approximate surface area is 131 Å². The first-order chi connectivity index (χ1) is 10.2. The zero-order valence-corrected chi connectivity index (χ0v) is 13.0. The normalized spacial score (nSPS) is 16.2. The van der Waals surface area contributed by atoms with Crippen LogP contribution >= 0.6 is 11.6 Å². The third-order valence-corrected chi connectivity index (χ3v) is 3.79. The molecule has 1 aromatic rings. The first-order valence-electron chi connectivity index (χ1n) is 7.50. The Balaban J connectivity index is 1.59. The van der Waals surface area contributed by atoms with Gasteiger partial charge in [0.1, 0.15) is 12.4 Å². The van der Waals surface area contributed by atoms with Crippen LogP contribution in [0.4, 0.5) is 0 Å². The second-order valence-corrected chi connectivity index (χ2v) is 5.66. The second kappa shape index (κ2) is 8.90. The van der Waals surface area contributed by atoms with Gasteiger partial charge in [0.15, 0.2) is 6.61 Å². The predicted octanol–water partition coefficient (Wildman–Crippen LogP) is 3.14. The van der Waals surface area contributed by atoms with Crippen molar-refractivity contribution in [2.75, 3.05) is 32.8 Å². The van der Waals surface area contributed by atoms with Crippen molar-refractivity contribution >= 4 is 17.6 Å². The van der Waals surface area contributed by atoms with Gasteiger partial charge in [0, 0.05) is 11.6 Å². The number of hydrogen-bond donors (Lipinski definition) is 0. The summed E-state index contributed by atoms with van der Waals surface area (Å²) in [6.45, 7) is 3.40. The molecule has 1 aliphatic rings. The van der Waals surface area contributed by atoms with Crippen LogP contribution in [-0.4, -0.2) is 43.7 Å². The lowest BCUT2D eigenvalue weighted by Crippen LogP contribution is -2.30. The van der Waals surface area contributed by atoms with E-state index in [1.54, 1.807) is 24.3 Å². The van der Waals surface area contributed by atoms with Gasteiger partial charge in [-0.05, 0) is 50.2 Å². The molecule has 5 heteroatoms. The van der Waals surface area contributed by atoms with Crippen molar-refractivity contribution in [3.8, 4) is 5.75 Å². The van der Waals surface area contributed by atoms with Crippen molar-refractivity contribution in [2.45, 2.75) is 25.7 Å². The maximum Gasteiger partial charge on any atom is 0.344 e. The SMILES string of the molecule is O=C(COc1ccc(Cl)cc1)OCCN1CCCCCC1. The molecule has 1 aromatic carbocycles. The molecular weight excluding hydrogens is 290 g/mol. The Hall–Kier alpha value is -1.26. The highest BCUT2D eigenvalue weighted by molar-refractivity contribution is 6.30. The summed E-state index contributed by atoms with van der Waals surface area (Å²) in [5.74, 6) is 0.281. The van der Waals surface area contributed by atoms with Gasteiger partial charge in [-0.1, -0.05) is 24.4 Å². The summed E-state index contributed by atoms with van der Waals surface area (Å²) in [4.78, 5) is 14.0. The number of carbonyl (C=O) groups is 1. The number of esters is 1.